The molecule has 0 bridgehead atoms. The standard InChI is InChI=1S/C17H29F2N3O5.C3H6O2/c1-10(2)5-13(16(25)21-12(8-23)6-14(18)19)22-15(24)7-20-17(26)27-9-11(3)4;1-2-3(4)5/h8,10-14H,5-7,9H2,1-4H3,(H,20,26)(H,21,25)(H,22,24);2H2,1H3,(H,4,5)/t12?,13-;/m0./s1. The van der Waals surface area contributed by atoms with E-state index in [2.05, 4.69) is 16.0 Å². The fraction of sp³-hybridized carbons (Fsp3) is 0.750. The number of ether oxygens (including phenoxy) is 1. The largest absolute Gasteiger partial charge is 0.481 e. The average Bonchev–Trinajstić information content (AvgIpc) is 2.69. The fourth-order valence-corrected chi connectivity index (χ4v) is 2.02. The van der Waals surface area contributed by atoms with Gasteiger partial charge in [-0.25, -0.2) is 13.6 Å². The average molecular weight is 468 g/mol. The van der Waals surface area contributed by atoms with Crippen molar-refractivity contribution in [1.29, 1.82) is 0 Å². The van der Waals surface area contributed by atoms with Crippen molar-refractivity contribution in [3.05, 3.63) is 0 Å². The van der Waals surface area contributed by atoms with E-state index in [1.165, 1.54) is 0 Å². The highest BCUT2D eigenvalue weighted by molar-refractivity contribution is 5.90. The number of carboxylic acids is 1. The van der Waals surface area contributed by atoms with Gasteiger partial charge in [-0.2, -0.15) is 0 Å². The molecular formula is C20H35F2N3O7. The predicted molar refractivity (Wildman–Crippen MR) is 112 cm³/mol. The van der Waals surface area contributed by atoms with Crippen LogP contribution in [0.1, 0.15) is 53.9 Å². The summed E-state index contributed by atoms with van der Waals surface area (Å²) in [6.45, 7) is 8.72. The maximum atomic E-state index is 12.4. The van der Waals surface area contributed by atoms with Gasteiger partial charge in [0.15, 0.2) is 0 Å². The molecule has 10 nitrogen and oxygen atoms in total. The van der Waals surface area contributed by atoms with Gasteiger partial charge in [0.05, 0.1) is 12.6 Å². The van der Waals surface area contributed by atoms with Crippen LogP contribution in [0.15, 0.2) is 0 Å². The van der Waals surface area contributed by atoms with Gasteiger partial charge < -0.3 is 30.6 Å². The Bertz CT molecular complexity index is 602. The van der Waals surface area contributed by atoms with Crippen LogP contribution in [-0.4, -0.2) is 66.9 Å². The van der Waals surface area contributed by atoms with E-state index in [4.69, 9.17) is 9.84 Å². The molecule has 0 saturated heterocycles. The van der Waals surface area contributed by atoms with Crippen molar-refractivity contribution in [2.75, 3.05) is 13.2 Å². The number of aliphatic carboxylic acids is 1. The second-order valence-corrected chi connectivity index (χ2v) is 7.72. The van der Waals surface area contributed by atoms with E-state index in [9.17, 15) is 32.8 Å². The quantitative estimate of drug-likeness (QED) is 0.301. The third-order valence-corrected chi connectivity index (χ3v) is 3.53. The molecule has 0 radical (unpaired) electrons. The molecule has 3 amide bonds. The van der Waals surface area contributed by atoms with E-state index in [1.807, 2.05) is 27.7 Å². The summed E-state index contributed by atoms with van der Waals surface area (Å²) in [5, 5.41) is 14.6. The second-order valence-electron chi connectivity index (χ2n) is 7.72. The van der Waals surface area contributed by atoms with E-state index in [1.54, 1.807) is 6.92 Å². The van der Waals surface area contributed by atoms with Crippen LogP contribution in [-0.2, 0) is 23.9 Å². The van der Waals surface area contributed by atoms with Crippen molar-refractivity contribution >= 4 is 30.2 Å². The van der Waals surface area contributed by atoms with Crippen molar-refractivity contribution in [3.8, 4) is 0 Å². The zero-order valence-corrected chi connectivity index (χ0v) is 19.2. The Morgan fingerprint density at radius 3 is 1.97 bits per heavy atom. The number of halogens is 2. The second kappa shape index (κ2) is 17.8. The van der Waals surface area contributed by atoms with Crippen molar-refractivity contribution in [2.45, 2.75) is 72.4 Å². The molecule has 0 aromatic rings. The van der Waals surface area contributed by atoms with Crippen molar-refractivity contribution in [2.24, 2.45) is 11.8 Å². The molecule has 0 rings (SSSR count). The molecule has 186 valence electrons. The summed E-state index contributed by atoms with van der Waals surface area (Å²) in [7, 11) is 0. The van der Waals surface area contributed by atoms with E-state index >= 15 is 0 Å². The van der Waals surface area contributed by atoms with Crippen LogP contribution in [0.25, 0.3) is 0 Å². The molecule has 12 heteroatoms. The SMILES string of the molecule is CC(C)COC(=O)NCC(=O)N[C@@H](CC(C)C)C(=O)NC(C=O)CC(F)F.CCC(=O)O. The van der Waals surface area contributed by atoms with Crippen LogP contribution in [0.2, 0.25) is 0 Å². The van der Waals surface area contributed by atoms with E-state index in [0.29, 0.717) is 0 Å². The number of carbonyl (C=O) groups excluding carboxylic acids is 4. The van der Waals surface area contributed by atoms with Crippen LogP contribution in [0, 0.1) is 11.8 Å². The molecule has 0 heterocycles. The Morgan fingerprint density at radius 1 is 1.00 bits per heavy atom. The molecule has 0 aromatic carbocycles. The molecule has 32 heavy (non-hydrogen) atoms. The van der Waals surface area contributed by atoms with Gasteiger partial charge in [0.1, 0.15) is 18.9 Å². The summed E-state index contributed by atoms with van der Waals surface area (Å²) in [5.41, 5.74) is 0. The van der Waals surface area contributed by atoms with Crippen LogP contribution in [0.5, 0.6) is 0 Å². The molecule has 0 saturated carbocycles. The Hall–Kier alpha value is -2.79. The lowest BCUT2D eigenvalue weighted by Crippen LogP contribution is -2.52. The number of rotatable bonds is 13. The Labute approximate surface area is 186 Å². The molecule has 0 aliphatic rings. The highest BCUT2D eigenvalue weighted by Crippen LogP contribution is 2.07. The Kier molecular flexibility index (Phi) is 17.5. The van der Waals surface area contributed by atoms with Crippen LogP contribution in [0.4, 0.5) is 13.6 Å². The highest BCUT2D eigenvalue weighted by Gasteiger charge is 2.25. The number of nitrogens with one attached hydrogen (secondary N) is 3. The van der Waals surface area contributed by atoms with Gasteiger partial charge in [-0.1, -0.05) is 34.6 Å². The maximum absolute atomic E-state index is 12.4. The molecule has 0 aliphatic heterocycles. The topological polar surface area (TPSA) is 151 Å². The number of hydrogen-bond donors (Lipinski definition) is 4. The molecule has 1 unspecified atom stereocenters. The first-order valence-electron chi connectivity index (χ1n) is 10.3. The maximum Gasteiger partial charge on any atom is 0.407 e. The van der Waals surface area contributed by atoms with Gasteiger partial charge in [-0.05, 0) is 18.3 Å². The zero-order chi connectivity index (χ0) is 25.3. The molecule has 0 fully saturated rings. The number of carboxylic acid groups (broad SMARTS) is 1. The first kappa shape index (κ1) is 31.4. The van der Waals surface area contributed by atoms with Gasteiger partial charge in [-0.15, -0.1) is 0 Å². The molecule has 0 aromatic heterocycles. The van der Waals surface area contributed by atoms with Gasteiger partial charge in [0, 0.05) is 12.8 Å². The first-order chi connectivity index (χ1) is 14.8. The zero-order valence-electron chi connectivity index (χ0n) is 19.2. The van der Waals surface area contributed by atoms with Crippen molar-refractivity contribution < 1.29 is 42.6 Å². The Morgan fingerprint density at radius 2 is 1.56 bits per heavy atom. The van der Waals surface area contributed by atoms with Crippen LogP contribution in [0.3, 0.4) is 0 Å². The smallest absolute Gasteiger partial charge is 0.407 e. The molecule has 0 aliphatic carbocycles. The van der Waals surface area contributed by atoms with E-state index in [0.717, 1.165) is 0 Å². The number of amides is 3. The molecular weight excluding hydrogens is 432 g/mol. The lowest BCUT2D eigenvalue weighted by Gasteiger charge is -2.22. The highest BCUT2D eigenvalue weighted by atomic mass is 19.3. The summed E-state index contributed by atoms with van der Waals surface area (Å²) in [6.07, 6.45) is -3.64. The van der Waals surface area contributed by atoms with E-state index < -0.39 is 55.4 Å². The number of hydrogen-bond acceptors (Lipinski definition) is 6. The monoisotopic (exact) mass is 467 g/mol. The summed E-state index contributed by atoms with van der Waals surface area (Å²) in [5.74, 6) is -1.98. The number of alkyl halides is 2. The third-order valence-electron chi connectivity index (χ3n) is 3.53. The number of alkyl carbamates (subject to hydrolysis) is 1. The minimum Gasteiger partial charge on any atom is -0.481 e. The van der Waals surface area contributed by atoms with Crippen LogP contribution >= 0.6 is 0 Å². The summed E-state index contributed by atoms with van der Waals surface area (Å²) in [6, 6.07) is -2.36. The third kappa shape index (κ3) is 19.2. The minimum absolute atomic E-state index is 0.00907. The van der Waals surface area contributed by atoms with Crippen molar-refractivity contribution in [1.82, 2.24) is 16.0 Å². The van der Waals surface area contributed by atoms with Gasteiger partial charge in [0.25, 0.3) is 0 Å². The van der Waals surface area contributed by atoms with Gasteiger partial charge in [0.2, 0.25) is 18.2 Å². The van der Waals surface area contributed by atoms with Gasteiger partial charge >= 0.3 is 12.1 Å². The normalized spacial score (nSPS) is 12.3. The lowest BCUT2D eigenvalue weighted by atomic mass is 10.0. The molecule has 0 spiro atoms. The molecule has 2 atom stereocenters. The van der Waals surface area contributed by atoms with Crippen LogP contribution < -0.4 is 16.0 Å². The minimum atomic E-state index is -2.75. The Balaban J connectivity index is 0. The van der Waals surface area contributed by atoms with Gasteiger partial charge in [-0.3, -0.25) is 14.4 Å². The summed E-state index contributed by atoms with van der Waals surface area (Å²) < 4.78 is 29.7. The predicted octanol–water partition coefficient (Wildman–Crippen LogP) is 1.72. The number of aldehydes is 1. The van der Waals surface area contributed by atoms with E-state index in [-0.39, 0.29) is 37.6 Å². The fourth-order valence-electron chi connectivity index (χ4n) is 2.02. The first-order valence-corrected chi connectivity index (χ1v) is 10.3. The summed E-state index contributed by atoms with van der Waals surface area (Å²) >= 11 is 0. The lowest BCUT2D eigenvalue weighted by molar-refractivity contribution is -0.136. The number of carbonyl (C=O) groups is 5. The van der Waals surface area contributed by atoms with Crippen molar-refractivity contribution in [3.63, 3.8) is 0 Å². The molecule has 4 N–H and O–H groups in total. The summed E-state index contributed by atoms with van der Waals surface area (Å²) in [4.78, 5) is 55.8.